The van der Waals surface area contributed by atoms with Crippen LogP contribution in [0.1, 0.15) is 10.5 Å². The van der Waals surface area contributed by atoms with Crippen molar-refractivity contribution in [2.24, 2.45) is 7.05 Å². The molecule has 5 heteroatoms. The number of halogens is 2. The fourth-order valence-electron chi connectivity index (χ4n) is 1.53. The number of carbonyl (C=O) groups is 1. The van der Waals surface area contributed by atoms with Gasteiger partial charge < -0.3 is 4.57 Å². The lowest BCUT2D eigenvalue weighted by Gasteiger charge is -2.04. The van der Waals surface area contributed by atoms with Crippen molar-refractivity contribution >= 4 is 6.29 Å². The number of aldehydes is 1. The second-order valence-corrected chi connectivity index (χ2v) is 3.34. The number of benzene rings is 1. The Labute approximate surface area is 90.3 Å². The first-order chi connectivity index (χ1) is 7.63. The van der Waals surface area contributed by atoms with E-state index in [-0.39, 0.29) is 5.69 Å². The van der Waals surface area contributed by atoms with E-state index in [2.05, 4.69) is 4.98 Å². The number of aromatic nitrogens is 2. The third kappa shape index (κ3) is 1.60. The molecular weight excluding hydrogens is 214 g/mol. The van der Waals surface area contributed by atoms with Gasteiger partial charge in [0.1, 0.15) is 5.69 Å². The van der Waals surface area contributed by atoms with Crippen LogP contribution < -0.4 is 0 Å². The molecule has 16 heavy (non-hydrogen) atoms. The average Bonchev–Trinajstić information content (AvgIpc) is 2.64. The predicted octanol–water partition coefficient (Wildman–Crippen LogP) is 2.18. The Balaban J connectivity index is 2.62. The quantitative estimate of drug-likeness (QED) is 0.730. The highest BCUT2D eigenvalue weighted by Gasteiger charge is 2.12. The van der Waals surface area contributed by atoms with Gasteiger partial charge in [-0.3, -0.25) is 4.79 Å². The second kappa shape index (κ2) is 3.84. The smallest absolute Gasteiger partial charge is 0.170 e. The first-order valence-electron chi connectivity index (χ1n) is 4.55. The van der Waals surface area contributed by atoms with Crippen LogP contribution in [0.2, 0.25) is 0 Å². The molecule has 0 bridgehead atoms. The molecule has 3 nitrogen and oxygen atoms in total. The molecule has 0 spiro atoms. The van der Waals surface area contributed by atoms with Crippen molar-refractivity contribution < 1.29 is 13.6 Å². The number of aryl methyl sites for hydroxylation is 1. The van der Waals surface area contributed by atoms with E-state index >= 15 is 0 Å². The molecule has 0 aliphatic heterocycles. The molecule has 0 unspecified atom stereocenters. The van der Waals surface area contributed by atoms with E-state index in [4.69, 9.17) is 0 Å². The summed E-state index contributed by atoms with van der Waals surface area (Å²) in [4.78, 5) is 14.6. The number of rotatable bonds is 2. The van der Waals surface area contributed by atoms with E-state index in [0.29, 0.717) is 17.5 Å². The third-order valence-electron chi connectivity index (χ3n) is 2.27. The normalized spacial score (nSPS) is 10.4. The number of carbonyl (C=O) groups excluding carboxylic acids is 1. The van der Waals surface area contributed by atoms with Crippen LogP contribution in [0.5, 0.6) is 0 Å². The zero-order chi connectivity index (χ0) is 11.7. The Kier molecular flexibility index (Phi) is 2.52. The van der Waals surface area contributed by atoms with Crippen molar-refractivity contribution in [1.29, 1.82) is 0 Å². The largest absolute Gasteiger partial charge is 0.333 e. The number of imidazole rings is 1. The number of nitrogens with zero attached hydrogens (tertiary/aromatic N) is 2. The Morgan fingerprint density at radius 2 is 2.06 bits per heavy atom. The molecule has 0 aliphatic carbocycles. The maximum absolute atomic E-state index is 13.0. The molecule has 0 N–H and O–H groups in total. The summed E-state index contributed by atoms with van der Waals surface area (Å²) >= 11 is 0. The van der Waals surface area contributed by atoms with Crippen LogP contribution in [0.3, 0.4) is 0 Å². The van der Waals surface area contributed by atoms with Crippen LogP contribution in [0, 0.1) is 11.6 Å². The van der Waals surface area contributed by atoms with Crippen LogP contribution in [0.15, 0.2) is 24.5 Å². The molecule has 2 rings (SSSR count). The molecule has 1 heterocycles. The molecular formula is C11H8F2N2O. The summed E-state index contributed by atoms with van der Waals surface area (Å²) in [6, 6.07) is 3.47. The zero-order valence-corrected chi connectivity index (χ0v) is 8.45. The summed E-state index contributed by atoms with van der Waals surface area (Å²) in [6.07, 6.45) is 2.02. The van der Waals surface area contributed by atoms with Crippen molar-refractivity contribution in [3.8, 4) is 11.3 Å². The van der Waals surface area contributed by atoms with Gasteiger partial charge in [0.2, 0.25) is 0 Å². The van der Waals surface area contributed by atoms with E-state index in [1.54, 1.807) is 11.6 Å². The van der Waals surface area contributed by atoms with Gasteiger partial charge in [-0.05, 0) is 18.2 Å². The van der Waals surface area contributed by atoms with Gasteiger partial charge in [0.05, 0.1) is 12.0 Å². The summed E-state index contributed by atoms with van der Waals surface area (Å²) in [5, 5.41) is 0. The van der Waals surface area contributed by atoms with Gasteiger partial charge in [-0.2, -0.15) is 0 Å². The Hall–Kier alpha value is -2.04. The molecule has 0 radical (unpaired) electrons. The maximum atomic E-state index is 13.0. The molecule has 0 amide bonds. The van der Waals surface area contributed by atoms with Crippen molar-refractivity contribution in [2.45, 2.75) is 0 Å². The van der Waals surface area contributed by atoms with Crippen molar-refractivity contribution in [3.63, 3.8) is 0 Å². The van der Waals surface area contributed by atoms with E-state index in [9.17, 15) is 13.6 Å². The highest BCUT2D eigenvalue weighted by molar-refractivity contribution is 5.83. The first-order valence-corrected chi connectivity index (χ1v) is 4.55. The SMILES string of the molecule is Cn1cnc(C=O)c1-c1ccc(F)c(F)c1. The Morgan fingerprint density at radius 3 is 2.69 bits per heavy atom. The molecule has 1 aromatic heterocycles. The van der Waals surface area contributed by atoms with Gasteiger partial charge in [0, 0.05) is 12.6 Å². The Morgan fingerprint density at radius 1 is 1.31 bits per heavy atom. The Bertz CT molecular complexity index is 549. The summed E-state index contributed by atoms with van der Waals surface area (Å²) in [7, 11) is 1.68. The lowest BCUT2D eigenvalue weighted by molar-refractivity contribution is 0.112. The number of hydrogen-bond acceptors (Lipinski definition) is 2. The van der Waals surface area contributed by atoms with E-state index in [1.165, 1.54) is 12.4 Å². The van der Waals surface area contributed by atoms with Crippen LogP contribution in [-0.4, -0.2) is 15.8 Å². The van der Waals surface area contributed by atoms with Gasteiger partial charge in [0.25, 0.3) is 0 Å². The summed E-state index contributed by atoms with van der Waals surface area (Å²) < 4.78 is 27.4. The molecule has 2 aromatic rings. The molecule has 0 saturated carbocycles. The van der Waals surface area contributed by atoms with E-state index in [1.807, 2.05) is 0 Å². The van der Waals surface area contributed by atoms with Gasteiger partial charge >= 0.3 is 0 Å². The lowest BCUT2D eigenvalue weighted by Crippen LogP contribution is -1.94. The van der Waals surface area contributed by atoms with Gasteiger partial charge in [0.15, 0.2) is 17.9 Å². The minimum atomic E-state index is -0.949. The van der Waals surface area contributed by atoms with Gasteiger partial charge in [-0.25, -0.2) is 13.8 Å². The topological polar surface area (TPSA) is 34.9 Å². The van der Waals surface area contributed by atoms with Gasteiger partial charge in [-0.15, -0.1) is 0 Å². The van der Waals surface area contributed by atoms with Crippen LogP contribution in [0.4, 0.5) is 8.78 Å². The average molecular weight is 222 g/mol. The fourth-order valence-corrected chi connectivity index (χ4v) is 1.53. The molecule has 1 aromatic carbocycles. The maximum Gasteiger partial charge on any atom is 0.170 e. The molecule has 82 valence electrons. The van der Waals surface area contributed by atoms with Crippen LogP contribution >= 0.6 is 0 Å². The third-order valence-corrected chi connectivity index (χ3v) is 2.27. The second-order valence-electron chi connectivity index (χ2n) is 3.34. The van der Waals surface area contributed by atoms with Crippen LogP contribution in [0.25, 0.3) is 11.3 Å². The number of hydrogen-bond donors (Lipinski definition) is 0. The van der Waals surface area contributed by atoms with Crippen molar-refractivity contribution in [3.05, 3.63) is 41.9 Å². The van der Waals surface area contributed by atoms with Crippen LogP contribution in [-0.2, 0) is 7.05 Å². The summed E-state index contributed by atoms with van der Waals surface area (Å²) in [5.74, 6) is -1.87. The summed E-state index contributed by atoms with van der Waals surface area (Å²) in [5.41, 5.74) is 1.09. The highest BCUT2D eigenvalue weighted by Crippen LogP contribution is 2.23. The molecule has 0 saturated heterocycles. The zero-order valence-electron chi connectivity index (χ0n) is 8.45. The first kappa shape index (κ1) is 10.5. The van der Waals surface area contributed by atoms with E-state index < -0.39 is 11.6 Å². The minimum absolute atomic E-state index is 0.202. The predicted molar refractivity (Wildman–Crippen MR) is 53.9 cm³/mol. The summed E-state index contributed by atoms with van der Waals surface area (Å²) in [6.45, 7) is 0. The van der Waals surface area contributed by atoms with Crippen molar-refractivity contribution in [1.82, 2.24) is 9.55 Å². The molecule has 0 atom stereocenters. The lowest BCUT2D eigenvalue weighted by atomic mass is 10.1. The fraction of sp³-hybridized carbons (Fsp3) is 0.0909. The van der Waals surface area contributed by atoms with E-state index in [0.717, 1.165) is 12.1 Å². The van der Waals surface area contributed by atoms with Gasteiger partial charge in [-0.1, -0.05) is 0 Å². The monoisotopic (exact) mass is 222 g/mol. The van der Waals surface area contributed by atoms with Crippen molar-refractivity contribution in [2.75, 3.05) is 0 Å². The standard InChI is InChI=1S/C11H8F2N2O/c1-15-6-14-10(5-16)11(15)7-2-3-8(12)9(13)4-7/h2-6H,1H3. The minimum Gasteiger partial charge on any atom is -0.333 e. The highest BCUT2D eigenvalue weighted by atomic mass is 19.2. The molecule has 0 fully saturated rings. The molecule has 0 aliphatic rings.